The lowest BCUT2D eigenvalue weighted by atomic mass is 9.94. The third-order valence-corrected chi connectivity index (χ3v) is 9.02. The molecule has 8 aromatic carbocycles. The van der Waals surface area contributed by atoms with Crippen LogP contribution in [0.1, 0.15) is 0 Å². The second kappa shape index (κ2) is 10.8. The van der Waals surface area contributed by atoms with Crippen molar-refractivity contribution in [1.82, 2.24) is 0 Å². The van der Waals surface area contributed by atoms with Crippen molar-refractivity contribution in [2.45, 2.75) is 0 Å². The van der Waals surface area contributed by atoms with Crippen molar-refractivity contribution >= 4 is 60.5 Å². The molecule has 9 aromatic rings. The minimum absolute atomic E-state index is 0.911. The fourth-order valence-corrected chi connectivity index (χ4v) is 6.96. The molecule has 0 aliphatic heterocycles. The van der Waals surface area contributed by atoms with E-state index in [0.29, 0.717) is 0 Å². The molecule has 9 rings (SSSR count). The fraction of sp³-hybridized carbons (Fsp3) is 0. The third kappa shape index (κ3) is 4.35. The van der Waals surface area contributed by atoms with E-state index in [9.17, 15) is 0 Å². The molecule has 0 fully saturated rings. The van der Waals surface area contributed by atoms with Gasteiger partial charge in [0.15, 0.2) is 0 Å². The summed E-state index contributed by atoms with van der Waals surface area (Å²) in [6.45, 7) is 0. The molecule has 2 nitrogen and oxygen atoms in total. The number of anilines is 3. The molecule has 0 radical (unpaired) electrons. The van der Waals surface area contributed by atoms with Gasteiger partial charge in [-0.3, -0.25) is 0 Å². The SMILES string of the molecule is c1ccc(N(c2cccc(-c3cccc4ccccc34)c2)c2cccc(-c3cccc4ccc5oc6ccccc6c5c34)c2)cc1. The summed E-state index contributed by atoms with van der Waals surface area (Å²) in [5.74, 6) is 0. The van der Waals surface area contributed by atoms with E-state index >= 15 is 0 Å². The van der Waals surface area contributed by atoms with Gasteiger partial charge in [0.2, 0.25) is 0 Å². The van der Waals surface area contributed by atoms with Gasteiger partial charge in [0.1, 0.15) is 11.2 Å². The normalized spacial score (nSPS) is 11.5. The highest BCUT2D eigenvalue weighted by atomic mass is 16.3. The van der Waals surface area contributed by atoms with Crippen molar-refractivity contribution < 1.29 is 4.42 Å². The number of rotatable bonds is 5. The molecular weight excluding hydrogens is 558 g/mol. The van der Waals surface area contributed by atoms with Crippen molar-refractivity contribution in [3.05, 3.63) is 176 Å². The standard InChI is InChI=1S/C44H29NO/c1-2-17-34(18-3-1)45(35-19-8-15-32(28-35)38-23-10-13-30-12-4-5-21-37(30)38)36-20-9-16-33(29-36)39-24-11-14-31-26-27-42-44(43(31)39)40-22-6-7-25-41(40)46-42/h1-29H. The van der Waals surface area contributed by atoms with Gasteiger partial charge in [0, 0.05) is 33.2 Å². The molecule has 0 aliphatic carbocycles. The van der Waals surface area contributed by atoms with Gasteiger partial charge >= 0.3 is 0 Å². The van der Waals surface area contributed by atoms with Gasteiger partial charge in [0.05, 0.1) is 0 Å². The molecule has 0 aliphatic rings. The topological polar surface area (TPSA) is 16.4 Å². The largest absolute Gasteiger partial charge is 0.456 e. The highest BCUT2D eigenvalue weighted by Crippen LogP contribution is 2.42. The first-order valence-electron chi connectivity index (χ1n) is 15.7. The minimum atomic E-state index is 0.911. The van der Waals surface area contributed by atoms with E-state index in [2.05, 4.69) is 175 Å². The van der Waals surface area contributed by atoms with Gasteiger partial charge in [-0.1, -0.05) is 127 Å². The predicted octanol–water partition coefficient (Wildman–Crippen LogP) is 12.7. The molecule has 0 unspecified atom stereocenters. The van der Waals surface area contributed by atoms with E-state index < -0.39 is 0 Å². The first-order valence-corrected chi connectivity index (χ1v) is 15.7. The monoisotopic (exact) mass is 587 g/mol. The van der Waals surface area contributed by atoms with Crippen LogP contribution in [0.4, 0.5) is 17.1 Å². The smallest absolute Gasteiger partial charge is 0.136 e. The Morgan fingerprint density at radius 3 is 1.74 bits per heavy atom. The third-order valence-electron chi connectivity index (χ3n) is 9.02. The Bertz CT molecular complexity index is 2540. The number of hydrogen-bond donors (Lipinski definition) is 0. The lowest BCUT2D eigenvalue weighted by Gasteiger charge is -2.26. The Hall–Kier alpha value is -6.12. The molecule has 2 heteroatoms. The van der Waals surface area contributed by atoms with Crippen LogP contribution < -0.4 is 4.90 Å². The van der Waals surface area contributed by atoms with Crippen LogP contribution in [0.2, 0.25) is 0 Å². The maximum absolute atomic E-state index is 6.30. The molecule has 0 N–H and O–H groups in total. The Kier molecular flexibility index (Phi) is 6.17. The summed E-state index contributed by atoms with van der Waals surface area (Å²) in [5, 5.41) is 7.22. The minimum Gasteiger partial charge on any atom is -0.456 e. The number of fused-ring (bicyclic) bond motifs is 6. The summed E-state index contributed by atoms with van der Waals surface area (Å²) < 4.78 is 6.30. The van der Waals surface area contributed by atoms with Crippen LogP contribution in [0.25, 0.3) is 65.7 Å². The van der Waals surface area contributed by atoms with Crippen LogP contribution in [-0.2, 0) is 0 Å². The summed E-state index contributed by atoms with van der Waals surface area (Å²) in [4.78, 5) is 2.35. The molecule has 0 amide bonds. The van der Waals surface area contributed by atoms with E-state index in [1.807, 2.05) is 6.07 Å². The van der Waals surface area contributed by atoms with Crippen LogP contribution in [0, 0.1) is 0 Å². The fourth-order valence-electron chi connectivity index (χ4n) is 6.96. The predicted molar refractivity (Wildman–Crippen MR) is 194 cm³/mol. The highest BCUT2D eigenvalue weighted by molar-refractivity contribution is 6.22. The molecule has 0 bridgehead atoms. The summed E-state index contributed by atoms with van der Waals surface area (Å²) in [5.41, 5.74) is 9.90. The molecule has 0 atom stereocenters. The van der Waals surface area contributed by atoms with Crippen LogP contribution in [0.3, 0.4) is 0 Å². The zero-order chi connectivity index (χ0) is 30.5. The van der Waals surface area contributed by atoms with Crippen molar-refractivity contribution in [1.29, 1.82) is 0 Å². The van der Waals surface area contributed by atoms with Gasteiger partial charge in [-0.15, -0.1) is 0 Å². The molecule has 0 saturated heterocycles. The van der Waals surface area contributed by atoms with Crippen LogP contribution in [0.5, 0.6) is 0 Å². The van der Waals surface area contributed by atoms with Crippen molar-refractivity contribution in [2.24, 2.45) is 0 Å². The molecule has 46 heavy (non-hydrogen) atoms. The van der Waals surface area contributed by atoms with E-state index in [1.165, 1.54) is 38.2 Å². The first kappa shape index (κ1) is 26.3. The van der Waals surface area contributed by atoms with Gasteiger partial charge in [-0.05, 0) is 86.9 Å². The number of furan rings is 1. The maximum atomic E-state index is 6.30. The summed E-state index contributed by atoms with van der Waals surface area (Å²) in [6, 6.07) is 62.7. The van der Waals surface area contributed by atoms with Gasteiger partial charge in [-0.2, -0.15) is 0 Å². The van der Waals surface area contributed by atoms with E-state index in [4.69, 9.17) is 4.42 Å². The Morgan fingerprint density at radius 1 is 0.348 bits per heavy atom. The van der Waals surface area contributed by atoms with Crippen molar-refractivity contribution in [3.8, 4) is 22.3 Å². The zero-order valence-electron chi connectivity index (χ0n) is 25.1. The zero-order valence-corrected chi connectivity index (χ0v) is 25.1. The average Bonchev–Trinajstić information content (AvgIpc) is 3.51. The number of para-hydroxylation sites is 2. The molecule has 216 valence electrons. The Morgan fingerprint density at radius 2 is 0.935 bits per heavy atom. The van der Waals surface area contributed by atoms with Crippen LogP contribution >= 0.6 is 0 Å². The molecular formula is C44H29NO. The van der Waals surface area contributed by atoms with Crippen LogP contribution in [-0.4, -0.2) is 0 Å². The molecule has 1 heterocycles. The average molecular weight is 588 g/mol. The lowest BCUT2D eigenvalue weighted by molar-refractivity contribution is 0.669. The Labute approximate surface area is 267 Å². The van der Waals surface area contributed by atoms with E-state index in [0.717, 1.165) is 44.6 Å². The summed E-state index contributed by atoms with van der Waals surface area (Å²) in [6.07, 6.45) is 0. The second-order valence-corrected chi connectivity index (χ2v) is 11.7. The van der Waals surface area contributed by atoms with Gasteiger partial charge < -0.3 is 9.32 Å². The molecule has 0 spiro atoms. The van der Waals surface area contributed by atoms with Gasteiger partial charge in [-0.25, -0.2) is 0 Å². The molecule has 1 aromatic heterocycles. The quantitative estimate of drug-likeness (QED) is 0.199. The lowest BCUT2D eigenvalue weighted by Crippen LogP contribution is -2.10. The summed E-state index contributed by atoms with van der Waals surface area (Å²) >= 11 is 0. The van der Waals surface area contributed by atoms with Crippen molar-refractivity contribution in [2.75, 3.05) is 4.90 Å². The first-order chi connectivity index (χ1) is 22.8. The highest BCUT2D eigenvalue weighted by Gasteiger charge is 2.17. The van der Waals surface area contributed by atoms with Gasteiger partial charge in [0.25, 0.3) is 0 Å². The Balaban J connectivity index is 1.23. The van der Waals surface area contributed by atoms with E-state index in [-0.39, 0.29) is 0 Å². The van der Waals surface area contributed by atoms with Crippen molar-refractivity contribution in [3.63, 3.8) is 0 Å². The number of nitrogens with zero attached hydrogens (tertiary/aromatic N) is 1. The number of hydrogen-bond acceptors (Lipinski definition) is 2. The number of benzene rings is 8. The summed E-state index contributed by atoms with van der Waals surface area (Å²) in [7, 11) is 0. The maximum Gasteiger partial charge on any atom is 0.136 e. The molecule has 0 saturated carbocycles. The van der Waals surface area contributed by atoms with Crippen LogP contribution in [0.15, 0.2) is 180 Å². The second-order valence-electron chi connectivity index (χ2n) is 11.7. The van der Waals surface area contributed by atoms with E-state index in [1.54, 1.807) is 0 Å².